The molecule has 19 heavy (non-hydrogen) atoms. The van der Waals surface area contributed by atoms with Gasteiger partial charge in [0.2, 0.25) is 0 Å². The molecule has 0 radical (unpaired) electrons. The minimum Gasteiger partial charge on any atom is -0.384 e. The highest BCUT2D eigenvalue weighted by Gasteiger charge is 2.20. The lowest BCUT2D eigenvalue weighted by molar-refractivity contribution is 0.210. The average Bonchev–Trinajstić information content (AvgIpc) is 2.67. The summed E-state index contributed by atoms with van der Waals surface area (Å²) >= 11 is 0. The van der Waals surface area contributed by atoms with Gasteiger partial charge in [0.25, 0.3) is 0 Å². The van der Waals surface area contributed by atoms with Gasteiger partial charge in [-0.15, -0.1) is 0 Å². The number of nitrogens with zero attached hydrogens (tertiary/aromatic N) is 1. The molecule has 1 unspecified atom stereocenters. The van der Waals surface area contributed by atoms with Crippen LogP contribution in [0.2, 0.25) is 0 Å². The van der Waals surface area contributed by atoms with E-state index < -0.39 is 6.10 Å². The quantitative estimate of drug-likeness (QED) is 0.818. The number of hydrogen-bond acceptors (Lipinski definition) is 2. The van der Waals surface area contributed by atoms with E-state index in [1.165, 1.54) is 36.1 Å². The maximum atomic E-state index is 10.6. The predicted octanol–water partition coefficient (Wildman–Crippen LogP) is 3.60. The Morgan fingerprint density at radius 2 is 2.05 bits per heavy atom. The highest BCUT2D eigenvalue weighted by Crippen LogP contribution is 2.33. The number of allylic oxidation sites excluding steroid dienone is 1. The lowest BCUT2D eigenvalue weighted by Gasteiger charge is -2.17. The van der Waals surface area contributed by atoms with Crippen LogP contribution in [0.5, 0.6) is 0 Å². The van der Waals surface area contributed by atoms with Gasteiger partial charge in [-0.25, -0.2) is 0 Å². The molecule has 2 heteroatoms. The topological polar surface area (TPSA) is 23.5 Å². The molecular weight excluding hydrogens is 234 g/mol. The highest BCUT2D eigenvalue weighted by molar-refractivity contribution is 5.59. The van der Waals surface area contributed by atoms with E-state index in [2.05, 4.69) is 36.2 Å². The molecule has 1 aliphatic carbocycles. The molecule has 1 aromatic carbocycles. The van der Waals surface area contributed by atoms with Gasteiger partial charge >= 0.3 is 0 Å². The molecule has 2 aliphatic rings. The fourth-order valence-electron chi connectivity index (χ4n) is 3.26. The fourth-order valence-corrected chi connectivity index (χ4v) is 3.26. The van der Waals surface area contributed by atoms with E-state index in [0.29, 0.717) is 0 Å². The number of anilines is 1. The first-order valence-corrected chi connectivity index (χ1v) is 7.46. The second kappa shape index (κ2) is 5.38. The molecule has 1 atom stereocenters. The molecule has 0 saturated heterocycles. The Morgan fingerprint density at radius 1 is 1.16 bits per heavy atom. The van der Waals surface area contributed by atoms with Gasteiger partial charge in [-0.2, -0.15) is 0 Å². The van der Waals surface area contributed by atoms with E-state index in [-0.39, 0.29) is 0 Å². The van der Waals surface area contributed by atoms with Gasteiger partial charge in [-0.1, -0.05) is 24.6 Å². The van der Waals surface area contributed by atoms with Crippen molar-refractivity contribution in [1.29, 1.82) is 0 Å². The second-order valence-corrected chi connectivity index (χ2v) is 5.84. The van der Waals surface area contributed by atoms with Crippen LogP contribution >= 0.6 is 0 Å². The van der Waals surface area contributed by atoms with Gasteiger partial charge in [0.1, 0.15) is 6.10 Å². The van der Waals surface area contributed by atoms with Gasteiger partial charge in [0.15, 0.2) is 0 Å². The smallest absolute Gasteiger partial charge is 0.100 e. The molecule has 0 saturated carbocycles. The zero-order chi connectivity index (χ0) is 13.2. The second-order valence-electron chi connectivity index (χ2n) is 5.84. The number of rotatable bonds is 2. The van der Waals surface area contributed by atoms with Gasteiger partial charge in [-0.05, 0) is 54.9 Å². The molecule has 1 N–H and O–H groups in total. The van der Waals surface area contributed by atoms with Crippen LogP contribution in [0.4, 0.5) is 5.69 Å². The monoisotopic (exact) mass is 257 g/mol. The van der Waals surface area contributed by atoms with E-state index >= 15 is 0 Å². The van der Waals surface area contributed by atoms with Crippen molar-refractivity contribution in [3.63, 3.8) is 0 Å². The molecule has 0 amide bonds. The molecule has 3 rings (SSSR count). The molecule has 2 nitrogen and oxygen atoms in total. The van der Waals surface area contributed by atoms with Crippen molar-refractivity contribution in [2.45, 2.75) is 44.6 Å². The van der Waals surface area contributed by atoms with Crippen molar-refractivity contribution in [1.82, 2.24) is 0 Å². The maximum Gasteiger partial charge on any atom is 0.100 e. The standard InChI is InChI=1S/C17H23NO/c1-18-11-10-14-12-15(8-9-16(14)18)17(19)13-6-4-2-3-5-7-13/h6,8-9,12,17,19H,2-5,7,10-11H2,1H3. The molecule has 1 heterocycles. The molecule has 0 bridgehead atoms. The zero-order valence-corrected chi connectivity index (χ0v) is 11.7. The first-order valence-electron chi connectivity index (χ1n) is 7.46. The molecule has 0 fully saturated rings. The van der Waals surface area contributed by atoms with Crippen molar-refractivity contribution >= 4 is 5.69 Å². The fraction of sp³-hybridized carbons (Fsp3) is 0.529. The largest absolute Gasteiger partial charge is 0.384 e. The summed E-state index contributed by atoms with van der Waals surface area (Å²) in [4.78, 5) is 2.29. The summed E-state index contributed by atoms with van der Waals surface area (Å²) in [5.74, 6) is 0. The highest BCUT2D eigenvalue weighted by atomic mass is 16.3. The van der Waals surface area contributed by atoms with Crippen LogP contribution in [0.3, 0.4) is 0 Å². The van der Waals surface area contributed by atoms with Crippen molar-refractivity contribution in [2.24, 2.45) is 0 Å². The lowest BCUT2D eigenvalue weighted by atomic mass is 9.96. The minimum absolute atomic E-state index is 0.394. The summed E-state index contributed by atoms with van der Waals surface area (Å²) in [6.07, 6.45) is 8.93. The normalized spacial score (nSPS) is 20.7. The first-order chi connectivity index (χ1) is 9.25. The summed E-state index contributed by atoms with van der Waals surface area (Å²) in [5.41, 5.74) is 5.00. The molecular formula is C17H23NO. The van der Waals surface area contributed by atoms with Crippen LogP contribution in [0.1, 0.15) is 49.3 Å². The van der Waals surface area contributed by atoms with E-state index in [0.717, 1.165) is 31.4 Å². The third kappa shape index (κ3) is 2.55. The summed E-state index contributed by atoms with van der Waals surface area (Å²) in [6, 6.07) is 6.46. The van der Waals surface area contributed by atoms with Crippen LogP contribution in [0.15, 0.2) is 29.8 Å². The van der Waals surface area contributed by atoms with Crippen LogP contribution in [-0.4, -0.2) is 18.7 Å². The third-order valence-electron chi connectivity index (χ3n) is 4.47. The summed E-state index contributed by atoms with van der Waals surface area (Å²) in [7, 11) is 2.13. The van der Waals surface area contributed by atoms with E-state index in [4.69, 9.17) is 0 Å². The van der Waals surface area contributed by atoms with E-state index in [1.807, 2.05) is 0 Å². The van der Waals surface area contributed by atoms with Crippen molar-refractivity contribution in [2.75, 3.05) is 18.5 Å². The van der Waals surface area contributed by atoms with Gasteiger partial charge in [-0.3, -0.25) is 0 Å². The van der Waals surface area contributed by atoms with Gasteiger partial charge in [0, 0.05) is 19.3 Å². The Hall–Kier alpha value is -1.28. The van der Waals surface area contributed by atoms with E-state index in [9.17, 15) is 5.11 Å². The minimum atomic E-state index is -0.394. The Labute approximate surface area is 115 Å². The number of benzene rings is 1. The molecule has 1 aromatic rings. The summed E-state index contributed by atoms with van der Waals surface area (Å²) in [6.45, 7) is 1.09. The zero-order valence-electron chi connectivity index (χ0n) is 11.7. The molecule has 1 aliphatic heterocycles. The number of fused-ring (bicyclic) bond motifs is 1. The molecule has 102 valence electrons. The van der Waals surface area contributed by atoms with E-state index in [1.54, 1.807) is 0 Å². The number of likely N-dealkylation sites (N-methyl/N-ethyl adjacent to an activating group) is 1. The van der Waals surface area contributed by atoms with Crippen LogP contribution < -0.4 is 4.90 Å². The van der Waals surface area contributed by atoms with Crippen LogP contribution in [0.25, 0.3) is 0 Å². The first kappa shape index (κ1) is 12.7. The number of hydrogen-bond donors (Lipinski definition) is 1. The third-order valence-corrected chi connectivity index (χ3v) is 4.47. The Morgan fingerprint density at radius 3 is 2.95 bits per heavy atom. The lowest BCUT2D eigenvalue weighted by Crippen LogP contribution is -2.12. The van der Waals surface area contributed by atoms with Crippen LogP contribution in [0, 0.1) is 0 Å². The molecule has 0 aromatic heterocycles. The maximum absolute atomic E-state index is 10.6. The van der Waals surface area contributed by atoms with Crippen molar-refractivity contribution in [3.8, 4) is 0 Å². The number of aliphatic hydroxyl groups is 1. The van der Waals surface area contributed by atoms with Crippen LogP contribution in [-0.2, 0) is 6.42 Å². The van der Waals surface area contributed by atoms with Gasteiger partial charge in [0.05, 0.1) is 0 Å². The summed E-state index contributed by atoms with van der Waals surface area (Å²) < 4.78 is 0. The predicted molar refractivity (Wildman–Crippen MR) is 79.5 cm³/mol. The average molecular weight is 257 g/mol. The SMILES string of the molecule is CN1CCc2cc(C(O)C3=CCCCCC3)ccc21. The van der Waals surface area contributed by atoms with Gasteiger partial charge < -0.3 is 10.0 Å². The van der Waals surface area contributed by atoms with Crippen molar-refractivity contribution in [3.05, 3.63) is 41.0 Å². The molecule has 0 spiro atoms. The van der Waals surface area contributed by atoms with Crippen molar-refractivity contribution < 1.29 is 5.11 Å². The Kier molecular flexibility index (Phi) is 3.61. The Balaban J connectivity index is 1.84. The summed E-state index contributed by atoms with van der Waals surface area (Å²) in [5, 5.41) is 10.6. The number of aliphatic hydroxyl groups excluding tert-OH is 1. The Bertz CT molecular complexity index is 492.